The van der Waals surface area contributed by atoms with Crippen molar-refractivity contribution in [2.24, 2.45) is 10.8 Å². The number of hydrogen-bond donors (Lipinski definition) is 2. The summed E-state index contributed by atoms with van der Waals surface area (Å²) in [6, 6.07) is 12.4. The highest BCUT2D eigenvalue weighted by Gasteiger charge is 2.07. The molecule has 0 amide bonds. The van der Waals surface area contributed by atoms with Crippen molar-refractivity contribution < 1.29 is 19.0 Å². The molecule has 0 aliphatic carbocycles. The first-order chi connectivity index (χ1) is 12.5. The van der Waals surface area contributed by atoms with Crippen LogP contribution in [0.25, 0.3) is 0 Å². The number of carbonyl (C=O) groups excluding carboxylic acids is 1. The fourth-order valence-electron chi connectivity index (χ4n) is 2.07. The third-order valence-electron chi connectivity index (χ3n) is 3.35. The molecule has 0 saturated carbocycles. The molecule has 7 nitrogen and oxygen atoms in total. The third kappa shape index (κ3) is 5.45. The second-order valence-electron chi connectivity index (χ2n) is 5.12. The van der Waals surface area contributed by atoms with Crippen LogP contribution >= 0.6 is 12.2 Å². The summed E-state index contributed by atoms with van der Waals surface area (Å²) in [6.45, 7) is 0.328. The van der Waals surface area contributed by atoms with Gasteiger partial charge in [0.2, 0.25) is 0 Å². The number of carbonyl (C=O) groups is 1. The summed E-state index contributed by atoms with van der Waals surface area (Å²) in [4.78, 5) is 11.4. The lowest BCUT2D eigenvalue weighted by Gasteiger charge is -2.11. The number of ether oxygens (including phenoxy) is 3. The maximum atomic E-state index is 11.4. The van der Waals surface area contributed by atoms with Crippen LogP contribution in [0.15, 0.2) is 47.6 Å². The van der Waals surface area contributed by atoms with E-state index in [2.05, 4.69) is 27.5 Å². The molecule has 136 valence electrons. The zero-order chi connectivity index (χ0) is 18.9. The van der Waals surface area contributed by atoms with Gasteiger partial charge in [0.15, 0.2) is 16.6 Å². The van der Waals surface area contributed by atoms with Gasteiger partial charge in [0, 0.05) is 0 Å². The van der Waals surface area contributed by atoms with E-state index in [1.54, 1.807) is 49.7 Å². The van der Waals surface area contributed by atoms with E-state index >= 15 is 0 Å². The Morgan fingerprint density at radius 1 is 1.19 bits per heavy atom. The van der Waals surface area contributed by atoms with Gasteiger partial charge in [-0.1, -0.05) is 12.1 Å². The van der Waals surface area contributed by atoms with Gasteiger partial charge in [0.05, 0.1) is 26.0 Å². The number of esters is 1. The molecule has 0 fully saturated rings. The Morgan fingerprint density at radius 3 is 2.54 bits per heavy atom. The smallest absolute Gasteiger partial charge is 0.337 e. The molecule has 0 atom stereocenters. The molecule has 0 bridgehead atoms. The number of hydrogen-bond acceptors (Lipinski definition) is 6. The molecule has 2 aromatic rings. The molecule has 0 heterocycles. The fourth-order valence-corrected chi connectivity index (χ4v) is 2.12. The first-order valence-electron chi connectivity index (χ1n) is 7.60. The predicted molar refractivity (Wildman–Crippen MR) is 103 cm³/mol. The zero-order valence-corrected chi connectivity index (χ0v) is 15.2. The largest absolute Gasteiger partial charge is 0.493 e. The Morgan fingerprint density at radius 2 is 1.92 bits per heavy atom. The van der Waals surface area contributed by atoms with E-state index in [1.165, 1.54) is 7.11 Å². The Balaban J connectivity index is 2.03. The molecule has 0 unspecified atom stereocenters. The van der Waals surface area contributed by atoms with Crippen LogP contribution in [0.5, 0.6) is 11.5 Å². The lowest BCUT2D eigenvalue weighted by molar-refractivity contribution is 0.0600. The Labute approximate surface area is 156 Å². The van der Waals surface area contributed by atoms with Gasteiger partial charge in [-0.05, 0) is 53.7 Å². The van der Waals surface area contributed by atoms with Crippen LogP contribution in [0.1, 0.15) is 21.5 Å². The standard InChI is InChI=1S/C18H19N3O4S/c1-23-16-9-13(10-20-21-18(19)26)5-8-15(16)25-11-12-3-6-14(7-4-12)17(22)24-2/h3-10H,11H2,1-2H3,(H3,19,21,26). The lowest BCUT2D eigenvalue weighted by Crippen LogP contribution is -2.23. The van der Waals surface area contributed by atoms with Crippen molar-refractivity contribution in [2.75, 3.05) is 14.2 Å². The minimum absolute atomic E-state index is 0.0892. The maximum absolute atomic E-state index is 11.4. The van der Waals surface area contributed by atoms with Gasteiger partial charge in [-0.25, -0.2) is 4.79 Å². The number of nitrogens with one attached hydrogen (secondary N) is 1. The van der Waals surface area contributed by atoms with Crippen molar-refractivity contribution >= 4 is 29.5 Å². The van der Waals surface area contributed by atoms with E-state index in [1.807, 2.05) is 6.07 Å². The average molecular weight is 373 g/mol. The van der Waals surface area contributed by atoms with Gasteiger partial charge in [-0.3, -0.25) is 5.43 Å². The summed E-state index contributed by atoms with van der Waals surface area (Å²) in [6.07, 6.45) is 1.57. The Hall–Kier alpha value is -3.13. The monoisotopic (exact) mass is 373 g/mol. The van der Waals surface area contributed by atoms with E-state index in [-0.39, 0.29) is 11.1 Å². The number of methoxy groups -OCH3 is 2. The maximum Gasteiger partial charge on any atom is 0.337 e. The van der Waals surface area contributed by atoms with Gasteiger partial charge < -0.3 is 19.9 Å². The quantitative estimate of drug-likeness (QED) is 0.333. The molecule has 0 aromatic heterocycles. The van der Waals surface area contributed by atoms with Crippen molar-refractivity contribution in [3.63, 3.8) is 0 Å². The van der Waals surface area contributed by atoms with Gasteiger partial charge in [0.25, 0.3) is 0 Å². The molecule has 8 heteroatoms. The van der Waals surface area contributed by atoms with E-state index in [4.69, 9.17) is 15.2 Å². The van der Waals surface area contributed by atoms with Crippen LogP contribution in [-0.4, -0.2) is 31.5 Å². The third-order valence-corrected chi connectivity index (χ3v) is 3.44. The van der Waals surface area contributed by atoms with Crippen LogP contribution < -0.4 is 20.6 Å². The van der Waals surface area contributed by atoms with E-state index in [0.717, 1.165) is 11.1 Å². The number of thiocarbonyl (C=S) groups is 1. The van der Waals surface area contributed by atoms with Crippen LogP contribution in [0.3, 0.4) is 0 Å². The minimum atomic E-state index is -0.374. The summed E-state index contributed by atoms with van der Waals surface area (Å²) in [5.41, 5.74) is 9.97. The highest BCUT2D eigenvalue weighted by Crippen LogP contribution is 2.28. The van der Waals surface area contributed by atoms with E-state index in [9.17, 15) is 4.79 Å². The SMILES string of the molecule is COC(=O)c1ccc(COc2ccc(C=NNC(N)=S)cc2OC)cc1. The summed E-state index contributed by atoms with van der Waals surface area (Å²) in [5, 5.41) is 3.98. The number of nitrogens with zero attached hydrogens (tertiary/aromatic N) is 1. The molecule has 26 heavy (non-hydrogen) atoms. The van der Waals surface area contributed by atoms with Crippen molar-refractivity contribution in [1.82, 2.24) is 5.43 Å². The molecule has 3 N–H and O–H groups in total. The summed E-state index contributed by atoms with van der Waals surface area (Å²) < 4.78 is 15.8. The molecule has 0 aliphatic heterocycles. The van der Waals surface area contributed by atoms with E-state index in [0.29, 0.717) is 23.7 Å². The molecular formula is C18H19N3O4S. The van der Waals surface area contributed by atoms with Gasteiger partial charge in [-0.15, -0.1) is 0 Å². The number of rotatable bonds is 7. The summed E-state index contributed by atoms with van der Waals surface area (Å²) in [5.74, 6) is 0.778. The summed E-state index contributed by atoms with van der Waals surface area (Å²) in [7, 11) is 2.90. The Kier molecular flexibility index (Phi) is 6.92. The van der Waals surface area contributed by atoms with Crippen molar-refractivity contribution in [1.29, 1.82) is 0 Å². The molecule has 0 radical (unpaired) electrons. The van der Waals surface area contributed by atoms with Gasteiger partial charge in [0.1, 0.15) is 6.61 Å². The average Bonchev–Trinajstić information content (AvgIpc) is 2.66. The molecule has 2 rings (SSSR count). The topological polar surface area (TPSA) is 95.2 Å². The molecular weight excluding hydrogens is 354 g/mol. The van der Waals surface area contributed by atoms with Crippen LogP contribution in [0.4, 0.5) is 0 Å². The van der Waals surface area contributed by atoms with Gasteiger partial charge >= 0.3 is 5.97 Å². The van der Waals surface area contributed by atoms with E-state index < -0.39 is 0 Å². The fraction of sp³-hybridized carbons (Fsp3) is 0.167. The summed E-state index contributed by atoms with van der Waals surface area (Å²) >= 11 is 4.67. The van der Waals surface area contributed by atoms with Gasteiger partial charge in [-0.2, -0.15) is 5.10 Å². The number of nitrogens with two attached hydrogens (primary N) is 1. The normalized spacial score (nSPS) is 10.4. The molecule has 0 saturated heterocycles. The Bertz CT molecular complexity index is 807. The minimum Gasteiger partial charge on any atom is -0.493 e. The second-order valence-corrected chi connectivity index (χ2v) is 5.56. The number of hydrazone groups is 1. The second kappa shape index (κ2) is 9.38. The molecule has 2 aromatic carbocycles. The molecule has 0 spiro atoms. The van der Waals surface area contributed by atoms with Crippen molar-refractivity contribution in [3.05, 3.63) is 59.2 Å². The molecule has 0 aliphatic rings. The van der Waals surface area contributed by atoms with Crippen molar-refractivity contribution in [3.8, 4) is 11.5 Å². The van der Waals surface area contributed by atoms with Crippen LogP contribution in [-0.2, 0) is 11.3 Å². The zero-order valence-electron chi connectivity index (χ0n) is 14.4. The first kappa shape index (κ1) is 19.2. The van der Waals surface area contributed by atoms with Crippen molar-refractivity contribution in [2.45, 2.75) is 6.61 Å². The predicted octanol–water partition coefficient (Wildman–Crippen LogP) is 2.23. The highest BCUT2D eigenvalue weighted by atomic mass is 32.1. The van der Waals surface area contributed by atoms with Crippen LogP contribution in [0, 0.1) is 0 Å². The first-order valence-corrected chi connectivity index (χ1v) is 8.01. The van der Waals surface area contributed by atoms with Crippen LogP contribution in [0.2, 0.25) is 0 Å². The lowest BCUT2D eigenvalue weighted by atomic mass is 10.1. The number of benzene rings is 2. The highest BCUT2D eigenvalue weighted by molar-refractivity contribution is 7.80.